The second-order valence-corrected chi connectivity index (χ2v) is 6.46. The Labute approximate surface area is 169 Å². The van der Waals surface area contributed by atoms with Crippen LogP contribution in [-0.4, -0.2) is 29.2 Å². The number of rotatable bonds is 8. The molecule has 2 N–H and O–H groups in total. The molecule has 6 nitrogen and oxygen atoms in total. The quantitative estimate of drug-likeness (QED) is 0.596. The van der Waals surface area contributed by atoms with Gasteiger partial charge in [0.05, 0.1) is 0 Å². The fourth-order valence-corrected chi connectivity index (χ4v) is 2.88. The van der Waals surface area contributed by atoms with E-state index < -0.39 is 0 Å². The van der Waals surface area contributed by atoms with E-state index in [0.717, 1.165) is 24.3 Å². The molecule has 0 fully saturated rings. The minimum Gasteiger partial charge on any atom is -0.372 e. The first-order valence-electron chi connectivity index (χ1n) is 9.57. The predicted molar refractivity (Wildman–Crippen MR) is 114 cm³/mol. The topological polar surface area (TPSA) is 70.2 Å². The van der Waals surface area contributed by atoms with Gasteiger partial charge >= 0.3 is 0 Å². The lowest BCUT2D eigenvalue weighted by atomic mass is 10.2. The minimum absolute atomic E-state index is 0.227. The summed E-state index contributed by atoms with van der Waals surface area (Å²) < 4.78 is 12.9. The SMILES string of the molecule is CCN(CC)c1ccc(NC(=O)c2ccc(NCc3ccc(F)cc3)nn2)cc1. The van der Waals surface area contributed by atoms with Gasteiger partial charge in [-0.25, -0.2) is 4.39 Å². The predicted octanol–water partition coefficient (Wildman–Crippen LogP) is 4.33. The summed E-state index contributed by atoms with van der Waals surface area (Å²) in [6.45, 7) is 6.56. The third-order valence-electron chi connectivity index (χ3n) is 4.54. The van der Waals surface area contributed by atoms with E-state index >= 15 is 0 Å². The van der Waals surface area contributed by atoms with Crippen molar-refractivity contribution in [2.45, 2.75) is 20.4 Å². The van der Waals surface area contributed by atoms with Crippen LogP contribution in [0.15, 0.2) is 60.7 Å². The zero-order valence-electron chi connectivity index (χ0n) is 16.5. The second kappa shape index (κ2) is 9.64. The van der Waals surface area contributed by atoms with Crippen molar-refractivity contribution >= 4 is 23.1 Å². The summed E-state index contributed by atoms with van der Waals surface area (Å²) in [4.78, 5) is 14.6. The van der Waals surface area contributed by atoms with Crippen molar-refractivity contribution in [3.8, 4) is 0 Å². The van der Waals surface area contributed by atoms with E-state index in [9.17, 15) is 9.18 Å². The van der Waals surface area contributed by atoms with E-state index in [1.54, 1.807) is 24.3 Å². The average Bonchev–Trinajstić information content (AvgIpc) is 2.76. The van der Waals surface area contributed by atoms with Crippen LogP contribution < -0.4 is 15.5 Å². The highest BCUT2D eigenvalue weighted by molar-refractivity contribution is 6.02. The number of halogens is 1. The molecule has 0 spiro atoms. The van der Waals surface area contributed by atoms with Crippen LogP contribution >= 0.6 is 0 Å². The van der Waals surface area contributed by atoms with Gasteiger partial charge in [-0.15, -0.1) is 10.2 Å². The molecule has 0 bridgehead atoms. The Hall–Kier alpha value is -3.48. The van der Waals surface area contributed by atoms with Gasteiger partial charge in [0.15, 0.2) is 5.69 Å². The molecule has 150 valence electrons. The molecular formula is C22H24FN5O. The van der Waals surface area contributed by atoms with Gasteiger partial charge in [0.2, 0.25) is 0 Å². The van der Waals surface area contributed by atoms with Gasteiger partial charge in [-0.05, 0) is 67.9 Å². The van der Waals surface area contributed by atoms with Crippen LogP contribution in [-0.2, 0) is 6.54 Å². The van der Waals surface area contributed by atoms with E-state index in [-0.39, 0.29) is 17.4 Å². The third kappa shape index (κ3) is 5.51. The summed E-state index contributed by atoms with van der Waals surface area (Å²) >= 11 is 0. The van der Waals surface area contributed by atoms with Crippen molar-refractivity contribution in [1.82, 2.24) is 10.2 Å². The molecular weight excluding hydrogens is 369 g/mol. The van der Waals surface area contributed by atoms with Gasteiger partial charge in [0.25, 0.3) is 5.91 Å². The second-order valence-electron chi connectivity index (χ2n) is 6.46. The highest BCUT2D eigenvalue weighted by Gasteiger charge is 2.09. The zero-order chi connectivity index (χ0) is 20.6. The van der Waals surface area contributed by atoms with E-state index in [1.807, 2.05) is 24.3 Å². The van der Waals surface area contributed by atoms with Crippen LogP contribution in [0.3, 0.4) is 0 Å². The highest BCUT2D eigenvalue weighted by atomic mass is 19.1. The van der Waals surface area contributed by atoms with E-state index in [4.69, 9.17) is 0 Å². The van der Waals surface area contributed by atoms with Crippen LogP contribution in [0.5, 0.6) is 0 Å². The van der Waals surface area contributed by atoms with Crippen molar-refractivity contribution in [3.63, 3.8) is 0 Å². The number of amides is 1. The zero-order valence-corrected chi connectivity index (χ0v) is 16.5. The highest BCUT2D eigenvalue weighted by Crippen LogP contribution is 2.18. The average molecular weight is 393 g/mol. The van der Waals surface area contributed by atoms with Gasteiger partial charge in [-0.1, -0.05) is 12.1 Å². The molecule has 0 saturated carbocycles. The molecule has 1 heterocycles. The van der Waals surface area contributed by atoms with Crippen LogP contribution in [0.1, 0.15) is 29.9 Å². The van der Waals surface area contributed by atoms with Gasteiger partial charge in [0, 0.05) is 31.0 Å². The molecule has 0 radical (unpaired) electrons. The van der Waals surface area contributed by atoms with Gasteiger partial charge < -0.3 is 15.5 Å². The number of carbonyl (C=O) groups excluding carboxylic acids is 1. The van der Waals surface area contributed by atoms with Gasteiger partial charge in [-0.2, -0.15) is 0 Å². The largest absolute Gasteiger partial charge is 0.372 e. The summed E-state index contributed by atoms with van der Waals surface area (Å²) in [7, 11) is 0. The summed E-state index contributed by atoms with van der Waals surface area (Å²) in [6, 6.07) is 17.2. The lowest BCUT2D eigenvalue weighted by Crippen LogP contribution is -2.21. The maximum atomic E-state index is 12.9. The minimum atomic E-state index is -0.321. The van der Waals surface area contributed by atoms with Crippen LogP contribution in [0.25, 0.3) is 0 Å². The lowest BCUT2D eigenvalue weighted by molar-refractivity contribution is 0.102. The van der Waals surface area contributed by atoms with Crippen molar-refractivity contribution in [2.24, 2.45) is 0 Å². The number of hydrogen-bond acceptors (Lipinski definition) is 5. The number of aromatic nitrogens is 2. The van der Waals surface area contributed by atoms with Crippen LogP contribution in [0, 0.1) is 5.82 Å². The molecule has 1 amide bonds. The number of nitrogens with zero attached hydrogens (tertiary/aromatic N) is 3. The molecule has 0 aliphatic rings. The monoisotopic (exact) mass is 393 g/mol. The first kappa shape index (κ1) is 20.3. The molecule has 0 saturated heterocycles. The molecule has 7 heteroatoms. The van der Waals surface area contributed by atoms with Crippen molar-refractivity contribution in [2.75, 3.05) is 28.6 Å². The normalized spacial score (nSPS) is 10.4. The van der Waals surface area contributed by atoms with Crippen molar-refractivity contribution < 1.29 is 9.18 Å². The Bertz CT molecular complexity index is 923. The molecule has 0 aliphatic heterocycles. The molecule has 3 rings (SSSR count). The molecule has 0 unspecified atom stereocenters. The van der Waals surface area contributed by atoms with Gasteiger partial charge in [0.1, 0.15) is 11.6 Å². The standard InChI is InChI=1S/C22H24FN5O/c1-3-28(4-2)19-11-9-18(10-12-19)25-22(29)20-13-14-21(27-26-20)24-15-16-5-7-17(23)8-6-16/h5-14H,3-4,15H2,1-2H3,(H,24,27)(H,25,29). The number of nitrogens with one attached hydrogen (secondary N) is 2. The summed E-state index contributed by atoms with van der Waals surface area (Å²) in [5, 5.41) is 13.9. The fraction of sp³-hybridized carbons (Fsp3) is 0.227. The first-order valence-corrected chi connectivity index (χ1v) is 9.57. The Morgan fingerprint density at radius 3 is 2.21 bits per heavy atom. The maximum Gasteiger partial charge on any atom is 0.276 e. The molecule has 29 heavy (non-hydrogen) atoms. The summed E-state index contributed by atoms with van der Waals surface area (Å²) in [6.07, 6.45) is 0. The summed E-state index contributed by atoms with van der Waals surface area (Å²) in [5.41, 5.74) is 2.96. The lowest BCUT2D eigenvalue weighted by Gasteiger charge is -2.21. The fourth-order valence-electron chi connectivity index (χ4n) is 2.88. The number of benzene rings is 2. The van der Waals surface area contributed by atoms with Gasteiger partial charge in [-0.3, -0.25) is 4.79 Å². The van der Waals surface area contributed by atoms with Crippen LogP contribution in [0.4, 0.5) is 21.6 Å². The smallest absolute Gasteiger partial charge is 0.276 e. The van der Waals surface area contributed by atoms with Crippen molar-refractivity contribution in [1.29, 1.82) is 0 Å². The Kier molecular flexibility index (Phi) is 6.73. The van der Waals surface area contributed by atoms with Crippen LogP contribution in [0.2, 0.25) is 0 Å². The van der Waals surface area contributed by atoms with E-state index in [1.165, 1.54) is 12.1 Å². The van der Waals surface area contributed by atoms with E-state index in [0.29, 0.717) is 18.1 Å². The molecule has 3 aromatic rings. The molecule has 0 aliphatic carbocycles. The number of hydrogen-bond donors (Lipinski definition) is 2. The molecule has 2 aromatic carbocycles. The number of carbonyl (C=O) groups is 1. The Morgan fingerprint density at radius 1 is 0.931 bits per heavy atom. The van der Waals surface area contributed by atoms with E-state index in [2.05, 4.69) is 39.6 Å². The molecule has 1 aromatic heterocycles. The maximum absolute atomic E-state index is 12.9. The first-order chi connectivity index (χ1) is 14.1. The Morgan fingerprint density at radius 2 is 1.62 bits per heavy atom. The number of anilines is 3. The molecule has 0 atom stereocenters. The van der Waals surface area contributed by atoms with Crippen molar-refractivity contribution in [3.05, 3.63) is 77.7 Å². The summed E-state index contributed by atoms with van der Waals surface area (Å²) in [5.74, 6) is -0.0563. The third-order valence-corrected chi connectivity index (χ3v) is 4.54. The Balaban J connectivity index is 1.56.